The summed E-state index contributed by atoms with van der Waals surface area (Å²) in [6.45, 7) is 1.93. The van der Waals surface area contributed by atoms with Crippen LogP contribution >= 0.6 is 11.8 Å². The molecule has 1 aliphatic heterocycles. The minimum absolute atomic E-state index is 0.0138. The molecule has 0 saturated carbocycles. The van der Waals surface area contributed by atoms with Crippen molar-refractivity contribution >= 4 is 23.4 Å². The molecule has 0 radical (unpaired) electrons. The van der Waals surface area contributed by atoms with Gasteiger partial charge in [0.25, 0.3) is 0 Å². The van der Waals surface area contributed by atoms with Gasteiger partial charge in [-0.2, -0.15) is 11.8 Å². The van der Waals surface area contributed by atoms with E-state index in [-0.39, 0.29) is 5.84 Å². The Bertz CT molecular complexity index is 401. The molecule has 0 aromatic carbocycles. The molecule has 0 bridgehead atoms. The summed E-state index contributed by atoms with van der Waals surface area (Å²) in [4.78, 5) is 10.6. The summed E-state index contributed by atoms with van der Waals surface area (Å²) in [7, 11) is 0. The fraction of sp³-hybridized carbons (Fsp3) is 0.545. The number of nitrogens with two attached hydrogens (primary N) is 1. The van der Waals surface area contributed by atoms with Crippen LogP contribution in [0.4, 0.5) is 5.82 Å². The van der Waals surface area contributed by atoms with E-state index < -0.39 is 0 Å². The van der Waals surface area contributed by atoms with E-state index in [1.807, 2.05) is 11.8 Å². The number of nitrogen functional groups attached to an aromatic ring is 1. The van der Waals surface area contributed by atoms with Gasteiger partial charge in [0.05, 0.1) is 0 Å². The Morgan fingerprint density at radius 2 is 2.06 bits per heavy atom. The van der Waals surface area contributed by atoms with Gasteiger partial charge in [-0.3, -0.25) is 5.41 Å². The second kappa shape index (κ2) is 5.35. The first-order valence-corrected chi connectivity index (χ1v) is 6.94. The van der Waals surface area contributed by atoms with E-state index in [0.29, 0.717) is 5.69 Å². The largest absolute Gasteiger partial charge is 0.382 e. The van der Waals surface area contributed by atoms with Crippen LogP contribution in [0.2, 0.25) is 0 Å². The van der Waals surface area contributed by atoms with Crippen molar-refractivity contribution in [1.82, 2.24) is 9.97 Å². The molecule has 0 aliphatic carbocycles. The van der Waals surface area contributed by atoms with Gasteiger partial charge in [-0.1, -0.05) is 0 Å². The predicted molar refractivity (Wildman–Crippen MR) is 71.8 cm³/mol. The number of piperidine rings is 1. The van der Waals surface area contributed by atoms with Crippen LogP contribution in [0.25, 0.3) is 0 Å². The normalized spacial score (nSPS) is 17.1. The third-order valence-corrected chi connectivity index (χ3v) is 4.15. The standard InChI is InChI=1S/C11H17N5S/c1-17-8-2-6-16(7-3-8)11-9(10(12)13)14-4-5-15-11/h4-5,8H,2-3,6-7H2,1H3,(H3,12,13). The van der Waals surface area contributed by atoms with Gasteiger partial charge in [-0.05, 0) is 19.1 Å². The smallest absolute Gasteiger partial charge is 0.158 e. The van der Waals surface area contributed by atoms with Crippen LogP contribution in [0.1, 0.15) is 18.5 Å². The van der Waals surface area contributed by atoms with Crippen molar-refractivity contribution in [2.24, 2.45) is 5.73 Å². The molecule has 3 N–H and O–H groups in total. The summed E-state index contributed by atoms with van der Waals surface area (Å²) in [5.74, 6) is 0.736. The molecule has 2 heterocycles. The summed E-state index contributed by atoms with van der Waals surface area (Å²) in [5.41, 5.74) is 6.02. The van der Waals surface area contributed by atoms with Gasteiger partial charge >= 0.3 is 0 Å². The Morgan fingerprint density at radius 1 is 1.41 bits per heavy atom. The van der Waals surface area contributed by atoms with Gasteiger partial charge in [0.15, 0.2) is 5.82 Å². The van der Waals surface area contributed by atoms with E-state index in [9.17, 15) is 0 Å². The molecule has 92 valence electrons. The Morgan fingerprint density at radius 3 is 2.65 bits per heavy atom. The van der Waals surface area contributed by atoms with E-state index in [4.69, 9.17) is 11.1 Å². The zero-order chi connectivity index (χ0) is 12.3. The molecule has 0 spiro atoms. The van der Waals surface area contributed by atoms with Crippen molar-refractivity contribution in [2.45, 2.75) is 18.1 Å². The molecule has 1 aromatic rings. The van der Waals surface area contributed by atoms with Crippen molar-refractivity contribution in [3.63, 3.8) is 0 Å². The van der Waals surface area contributed by atoms with Crippen molar-refractivity contribution < 1.29 is 0 Å². The summed E-state index contributed by atoms with van der Waals surface area (Å²) >= 11 is 1.92. The average molecular weight is 251 g/mol. The van der Waals surface area contributed by atoms with E-state index in [2.05, 4.69) is 21.1 Å². The average Bonchev–Trinajstić information content (AvgIpc) is 2.39. The number of hydrogen-bond donors (Lipinski definition) is 2. The van der Waals surface area contributed by atoms with Gasteiger partial charge in [0, 0.05) is 30.7 Å². The van der Waals surface area contributed by atoms with Crippen LogP contribution in [0.15, 0.2) is 12.4 Å². The summed E-state index contributed by atoms with van der Waals surface area (Å²) in [6, 6.07) is 0. The summed E-state index contributed by atoms with van der Waals surface area (Å²) < 4.78 is 0. The number of amidine groups is 1. The number of anilines is 1. The molecule has 1 aliphatic rings. The number of aromatic nitrogens is 2. The van der Waals surface area contributed by atoms with Crippen LogP contribution in [0, 0.1) is 5.41 Å². The molecule has 0 atom stereocenters. The quantitative estimate of drug-likeness (QED) is 0.621. The van der Waals surface area contributed by atoms with Crippen LogP contribution in [-0.2, 0) is 0 Å². The third kappa shape index (κ3) is 2.69. The molecule has 6 heteroatoms. The lowest BCUT2D eigenvalue weighted by atomic mass is 10.1. The molecule has 17 heavy (non-hydrogen) atoms. The maximum Gasteiger partial charge on any atom is 0.158 e. The van der Waals surface area contributed by atoms with E-state index in [0.717, 1.165) is 37.0 Å². The molecule has 5 nitrogen and oxygen atoms in total. The minimum atomic E-state index is -0.0138. The van der Waals surface area contributed by atoms with E-state index >= 15 is 0 Å². The SMILES string of the molecule is CSC1CCN(c2nccnc2C(=N)N)CC1. The van der Waals surface area contributed by atoms with Crippen LogP contribution in [0.3, 0.4) is 0 Å². The van der Waals surface area contributed by atoms with Crippen molar-refractivity contribution in [3.05, 3.63) is 18.1 Å². The molecule has 2 rings (SSSR count). The first kappa shape index (κ1) is 12.2. The first-order chi connectivity index (χ1) is 8.22. The van der Waals surface area contributed by atoms with Gasteiger partial charge in [0.1, 0.15) is 11.5 Å². The molecular weight excluding hydrogens is 234 g/mol. The maximum absolute atomic E-state index is 7.52. The first-order valence-electron chi connectivity index (χ1n) is 5.65. The van der Waals surface area contributed by atoms with Crippen LogP contribution < -0.4 is 10.6 Å². The zero-order valence-electron chi connectivity index (χ0n) is 9.89. The topological polar surface area (TPSA) is 78.9 Å². The van der Waals surface area contributed by atoms with E-state index in [1.54, 1.807) is 12.4 Å². The van der Waals surface area contributed by atoms with Crippen LogP contribution in [-0.4, -0.2) is 40.4 Å². The lowest BCUT2D eigenvalue weighted by Crippen LogP contribution is -2.37. The Hall–Kier alpha value is -1.30. The lowest BCUT2D eigenvalue weighted by Gasteiger charge is -2.32. The fourth-order valence-corrected chi connectivity index (χ4v) is 2.74. The Labute approximate surface area is 105 Å². The fourth-order valence-electron chi connectivity index (χ4n) is 2.06. The van der Waals surface area contributed by atoms with Crippen molar-refractivity contribution in [2.75, 3.05) is 24.2 Å². The Kier molecular flexibility index (Phi) is 3.83. The number of nitrogens with one attached hydrogen (secondary N) is 1. The highest BCUT2D eigenvalue weighted by molar-refractivity contribution is 7.99. The highest BCUT2D eigenvalue weighted by Gasteiger charge is 2.22. The predicted octanol–water partition coefficient (Wildman–Crippen LogP) is 1.09. The zero-order valence-corrected chi connectivity index (χ0v) is 10.7. The second-order valence-corrected chi connectivity index (χ2v) is 5.20. The molecule has 1 saturated heterocycles. The highest BCUT2D eigenvalue weighted by atomic mass is 32.2. The van der Waals surface area contributed by atoms with Crippen LogP contribution in [0.5, 0.6) is 0 Å². The molecule has 1 fully saturated rings. The molecule has 0 amide bonds. The monoisotopic (exact) mass is 251 g/mol. The maximum atomic E-state index is 7.52. The molecule has 0 unspecified atom stereocenters. The number of hydrogen-bond acceptors (Lipinski definition) is 5. The van der Waals surface area contributed by atoms with Gasteiger partial charge in [0.2, 0.25) is 0 Å². The van der Waals surface area contributed by atoms with Gasteiger partial charge in [-0.15, -0.1) is 0 Å². The molecular formula is C11H17N5S. The third-order valence-electron chi connectivity index (χ3n) is 3.01. The number of rotatable bonds is 3. The Balaban J connectivity index is 2.15. The van der Waals surface area contributed by atoms with Crippen molar-refractivity contribution in [3.8, 4) is 0 Å². The second-order valence-electron chi connectivity index (χ2n) is 4.06. The number of thioether (sulfide) groups is 1. The van der Waals surface area contributed by atoms with E-state index in [1.165, 1.54) is 0 Å². The van der Waals surface area contributed by atoms with Gasteiger partial charge in [-0.25, -0.2) is 9.97 Å². The molecule has 1 aromatic heterocycles. The lowest BCUT2D eigenvalue weighted by molar-refractivity contribution is 0.585. The minimum Gasteiger partial charge on any atom is -0.382 e. The van der Waals surface area contributed by atoms with Crippen molar-refractivity contribution in [1.29, 1.82) is 5.41 Å². The van der Waals surface area contributed by atoms with Gasteiger partial charge < -0.3 is 10.6 Å². The summed E-state index contributed by atoms with van der Waals surface area (Å²) in [5, 5.41) is 8.25. The summed E-state index contributed by atoms with van der Waals surface area (Å²) in [6.07, 6.45) is 7.69. The number of nitrogens with zero attached hydrogens (tertiary/aromatic N) is 3. The highest BCUT2D eigenvalue weighted by Crippen LogP contribution is 2.25.